The standard InChI is InChI=1S/C27H26N8O3/c1-16(2)35-15-24(25(34-35)17-4-9-22-18(12-17)14-30-33-22)32-27(37)31-19-5-7-20(8-6-19)38-21-10-11-29-23(13-21)26(36)28-3/h4-16H,1-3H3,(H,28,36)(H,30,33)(H2,31,32,37). The van der Waals surface area contributed by atoms with Gasteiger partial charge < -0.3 is 20.7 Å². The number of benzene rings is 2. The van der Waals surface area contributed by atoms with Gasteiger partial charge in [-0.1, -0.05) is 6.07 Å². The first-order valence-electron chi connectivity index (χ1n) is 12.0. The second-order valence-corrected chi connectivity index (χ2v) is 8.80. The molecular formula is C27H26N8O3. The summed E-state index contributed by atoms with van der Waals surface area (Å²) in [4.78, 5) is 28.7. The number of urea groups is 1. The Balaban J connectivity index is 1.28. The fourth-order valence-electron chi connectivity index (χ4n) is 3.80. The van der Waals surface area contributed by atoms with Crippen molar-refractivity contribution in [3.63, 3.8) is 0 Å². The van der Waals surface area contributed by atoms with Gasteiger partial charge in [0.1, 0.15) is 22.9 Å². The number of fused-ring (bicyclic) bond motifs is 1. The lowest BCUT2D eigenvalue weighted by Crippen LogP contribution is -2.19. The van der Waals surface area contributed by atoms with E-state index in [1.165, 1.54) is 13.2 Å². The molecule has 3 aromatic heterocycles. The van der Waals surface area contributed by atoms with Crippen molar-refractivity contribution in [1.29, 1.82) is 0 Å². The van der Waals surface area contributed by atoms with Gasteiger partial charge in [0.05, 0.1) is 17.4 Å². The number of anilines is 2. The van der Waals surface area contributed by atoms with E-state index >= 15 is 0 Å². The van der Waals surface area contributed by atoms with E-state index < -0.39 is 6.03 Å². The molecule has 4 N–H and O–H groups in total. The van der Waals surface area contributed by atoms with Crippen LogP contribution in [0.5, 0.6) is 11.5 Å². The molecule has 0 saturated carbocycles. The number of pyridine rings is 1. The van der Waals surface area contributed by atoms with Crippen LogP contribution in [0.25, 0.3) is 22.2 Å². The highest BCUT2D eigenvalue weighted by molar-refractivity contribution is 6.02. The lowest BCUT2D eigenvalue weighted by Gasteiger charge is -2.10. The van der Waals surface area contributed by atoms with E-state index in [0.29, 0.717) is 28.6 Å². The van der Waals surface area contributed by atoms with Crippen molar-refractivity contribution in [3.05, 3.63) is 78.9 Å². The Kier molecular flexibility index (Phi) is 6.72. The maximum absolute atomic E-state index is 12.9. The van der Waals surface area contributed by atoms with Gasteiger partial charge >= 0.3 is 6.03 Å². The molecule has 5 rings (SSSR count). The van der Waals surface area contributed by atoms with Crippen molar-refractivity contribution in [2.75, 3.05) is 17.7 Å². The maximum Gasteiger partial charge on any atom is 0.323 e. The number of carbonyl (C=O) groups excluding carboxylic acids is 2. The second kappa shape index (κ2) is 10.4. The highest BCUT2D eigenvalue weighted by Crippen LogP contribution is 2.30. The monoisotopic (exact) mass is 510 g/mol. The molecule has 11 nitrogen and oxygen atoms in total. The summed E-state index contributed by atoms with van der Waals surface area (Å²) >= 11 is 0. The van der Waals surface area contributed by atoms with Crippen molar-refractivity contribution in [2.45, 2.75) is 19.9 Å². The van der Waals surface area contributed by atoms with Crippen molar-refractivity contribution in [3.8, 4) is 22.8 Å². The van der Waals surface area contributed by atoms with Crippen LogP contribution in [-0.2, 0) is 0 Å². The molecule has 0 aliphatic heterocycles. The fourth-order valence-corrected chi connectivity index (χ4v) is 3.80. The third-order valence-corrected chi connectivity index (χ3v) is 5.76. The molecule has 0 saturated heterocycles. The average molecular weight is 511 g/mol. The van der Waals surface area contributed by atoms with Gasteiger partial charge in [0.25, 0.3) is 5.91 Å². The number of aromatic nitrogens is 5. The minimum absolute atomic E-state index is 0.116. The van der Waals surface area contributed by atoms with Gasteiger partial charge in [-0.2, -0.15) is 10.2 Å². The van der Waals surface area contributed by atoms with Gasteiger partial charge in [0.15, 0.2) is 0 Å². The number of hydrogen-bond acceptors (Lipinski definition) is 6. The van der Waals surface area contributed by atoms with Gasteiger partial charge in [-0.15, -0.1) is 0 Å². The van der Waals surface area contributed by atoms with Gasteiger partial charge in [-0.25, -0.2) is 4.79 Å². The molecule has 0 bridgehead atoms. The second-order valence-electron chi connectivity index (χ2n) is 8.80. The lowest BCUT2D eigenvalue weighted by atomic mass is 10.1. The minimum atomic E-state index is -0.406. The van der Waals surface area contributed by atoms with Crippen molar-refractivity contribution < 1.29 is 14.3 Å². The smallest absolute Gasteiger partial charge is 0.323 e. The molecule has 0 fully saturated rings. The summed E-state index contributed by atoms with van der Waals surface area (Å²) in [5.74, 6) is 0.714. The number of H-pyrrole nitrogens is 1. The Hall–Kier alpha value is -5.19. The Morgan fingerprint density at radius 2 is 1.82 bits per heavy atom. The Morgan fingerprint density at radius 3 is 2.58 bits per heavy atom. The van der Waals surface area contributed by atoms with Crippen LogP contribution < -0.4 is 20.7 Å². The highest BCUT2D eigenvalue weighted by atomic mass is 16.5. The summed E-state index contributed by atoms with van der Waals surface area (Å²) < 4.78 is 7.63. The summed E-state index contributed by atoms with van der Waals surface area (Å²) in [6.45, 7) is 4.05. The molecule has 5 aromatic rings. The lowest BCUT2D eigenvalue weighted by molar-refractivity contribution is 0.0958. The summed E-state index contributed by atoms with van der Waals surface area (Å²) in [7, 11) is 1.54. The van der Waals surface area contributed by atoms with Crippen LogP contribution in [0.15, 0.2) is 73.2 Å². The van der Waals surface area contributed by atoms with Crippen molar-refractivity contribution in [2.24, 2.45) is 0 Å². The van der Waals surface area contributed by atoms with Crippen LogP contribution >= 0.6 is 0 Å². The Labute approximate surface area is 218 Å². The molecule has 192 valence electrons. The van der Waals surface area contributed by atoms with Gasteiger partial charge in [0, 0.05) is 48.2 Å². The number of carbonyl (C=O) groups is 2. The average Bonchev–Trinajstić information content (AvgIpc) is 3.56. The van der Waals surface area contributed by atoms with Crippen LogP contribution in [0.1, 0.15) is 30.4 Å². The van der Waals surface area contributed by atoms with Crippen LogP contribution in [-0.4, -0.2) is 43.9 Å². The normalized spacial score (nSPS) is 10.9. The topological polar surface area (TPSA) is 139 Å². The van der Waals surface area contributed by atoms with Crippen molar-refractivity contribution >= 4 is 34.2 Å². The molecule has 0 atom stereocenters. The van der Waals surface area contributed by atoms with Crippen LogP contribution in [0.2, 0.25) is 0 Å². The number of amides is 3. The van der Waals surface area contributed by atoms with Crippen LogP contribution in [0.3, 0.4) is 0 Å². The molecule has 0 unspecified atom stereocenters. The number of rotatable bonds is 7. The molecule has 0 radical (unpaired) electrons. The van der Waals surface area contributed by atoms with E-state index in [2.05, 4.69) is 31.1 Å². The third kappa shape index (κ3) is 5.31. The molecule has 38 heavy (non-hydrogen) atoms. The summed E-state index contributed by atoms with van der Waals surface area (Å²) in [6.07, 6.45) is 5.07. The number of ether oxygens (including phenoxy) is 1. The first-order chi connectivity index (χ1) is 18.4. The van der Waals surface area contributed by atoms with Gasteiger partial charge in [-0.3, -0.25) is 19.6 Å². The van der Waals surface area contributed by atoms with Crippen LogP contribution in [0, 0.1) is 0 Å². The molecule has 2 aromatic carbocycles. The van der Waals surface area contributed by atoms with Gasteiger partial charge in [0.2, 0.25) is 0 Å². The Bertz CT molecular complexity index is 1600. The largest absolute Gasteiger partial charge is 0.457 e. The van der Waals surface area contributed by atoms with E-state index in [9.17, 15) is 9.59 Å². The van der Waals surface area contributed by atoms with E-state index in [1.807, 2.05) is 42.9 Å². The van der Waals surface area contributed by atoms with Gasteiger partial charge in [-0.05, 0) is 56.3 Å². The van der Waals surface area contributed by atoms with E-state index in [1.54, 1.807) is 42.6 Å². The summed E-state index contributed by atoms with van der Waals surface area (Å²) in [6, 6.07) is 15.7. The zero-order chi connectivity index (χ0) is 26.6. The maximum atomic E-state index is 12.9. The zero-order valence-electron chi connectivity index (χ0n) is 21.0. The predicted molar refractivity (Wildman–Crippen MR) is 144 cm³/mol. The molecule has 11 heteroatoms. The zero-order valence-corrected chi connectivity index (χ0v) is 21.0. The molecule has 3 amide bonds. The summed E-state index contributed by atoms with van der Waals surface area (Å²) in [5.41, 5.74) is 3.87. The number of nitrogens with one attached hydrogen (secondary N) is 4. The molecule has 3 heterocycles. The SMILES string of the molecule is CNC(=O)c1cc(Oc2ccc(NC(=O)Nc3cn(C(C)C)nc3-c3ccc4[nH]ncc4c3)cc2)ccn1. The fraction of sp³-hybridized carbons (Fsp3) is 0.148. The molecule has 0 spiro atoms. The van der Waals surface area contributed by atoms with Crippen molar-refractivity contribution in [1.82, 2.24) is 30.3 Å². The van der Waals surface area contributed by atoms with E-state index in [4.69, 9.17) is 9.84 Å². The minimum Gasteiger partial charge on any atom is -0.457 e. The highest BCUT2D eigenvalue weighted by Gasteiger charge is 2.16. The van der Waals surface area contributed by atoms with Crippen LogP contribution in [0.4, 0.5) is 16.2 Å². The quantitative estimate of drug-likeness (QED) is 0.237. The number of nitrogens with zero attached hydrogens (tertiary/aromatic N) is 4. The molecule has 0 aliphatic carbocycles. The molecule has 0 aliphatic rings. The Morgan fingerprint density at radius 1 is 1.00 bits per heavy atom. The third-order valence-electron chi connectivity index (χ3n) is 5.76. The molecular weight excluding hydrogens is 484 g/mol. The predicted octanol–water partition coefficient (Wildman–Crippen LogP) is 5.20. The summed E-state index contributed by atoms with van der Waals surface area (Å²) in [5, 5.41) is 21.0. The first kappa shape index (κ1) is 24.5. The first-order valence-corrected chi connectivity index (χ1v) is 12.0. The van der Waals surface area contributed by atoms with E-state index in [-0.39, 0.29) is 17.6 Å². The van der Waals surface area contributed by atoms with E-state index in [0.717, 1.165) is 16.5 Å². The number of hydrogen-bond donors (Lipinski definition) is 4. The number of aromatic amines is 1.